The minimum atomic E-state index is -1.57. The maximum absolute atomic E-state index is 13.0. The zero-order valence-electron chi connectivity index (χ0n) is 52.8. The van der Waals surface area contributed by atoms with Crippen molar-refractivity contribution in [3.05, 3.63) is 36.5 Å². The first kappa shape index (κ1) is 76.9. The van der Waals surface area contributed by atoms with E-state index in [1.165, 1.54) is 244 Å². The zero-order valence-corrected chi connectivity index (χ0v) is 52.8. The summed E-state index contributed by atoms with van der Waals surface area (Å²) in [5.41, 5.74) is 0. The molecular formula is C70H131NO10. The lowest BCUT2D eigenvalue weighted by atomic mass is 9.99. The fraction of sp³-hybridized carbons (Fsp3) is 0.886. The highest BCUT2D eigenvalue weighted by atomic mass is 16.7. The van der Waals surface area contributed by atoms with Gasteiger partial charge in [0.15, 0.2) is 6.29 Å². The molecule has 7 atom stereocenters. The second kappa shape index (κ2) is 59.6. The van der Waals surface area contributed by atoms with Crippen LogP contribution in [0.5, 0.6) is 0 Å². The van der Waals surface area contributed by atoms with Gasteiger partial charge >= 0.3 is 5.97 Å². The molecule has 1 heterocycles. The van der Waals surface area contributed by atoms with E-state index in [2.05, 4.69) is 43.5 Å². The van der Waals surface area contributed by atoms with E-state index in [-0.39, 0.29) is 18.5 Å². The molecule has 11 nitrogen and oxygen atoms in total. The number of aliphatic hydroxyl groups excluding tert-OH is 5. The van der Waals surface area contributed by atoms with Crippen molar-refractivity contribution in [2.24, 2.45) is 0 Å². The minimum absolute atomic E-state index is 0.00365. The Morgan fingerprint density at radius 3 is 1.26 bits per heavy atom. The van der Waals surface area contributed by atoms with Crippen molar-refractivity contribution >= 4 is 11.9 Å². The lowest BCUT2D eigenvalue weighted by Crippen LogP contribution is -2.60. The van der Waals surface area contributed by atoms with Crippen LogP contribution in [0.25, 0.3) is 0 Å². The normalized spacial score (nSPS) is 18.4. The van der Waals surface area contributed by atoms with Crippen molar-refractivity contribution in [2.75, 3.05) is 19.8 Å². The second-order valence-corrected chi connectivity index (χ2v) is 24.2. The lowest BCUT2D eigenvalue weighted by Gasteiger charge is -2.40. The molecule has 0 aromatic rings. The molecule has 0 saturated carbocycles. The Bertz CT molecular complexity index is 1440. The molecule has 0 bridgehead atoms. The van der Waals surface area contributed by atoms with Gasteiger partial charge in [-0.3, -0.25) is 9.59 Å². The van der Waals surface area contributed by atoms with Crippen LogP contribution < -0.4 is 5.32 Å². The Labute approximate surface area is 498 Å². The van der Waals surface area contributed by atoms with Gasteiger partial charge in [-0.15, -0.1) is 0 Å². The van der Waals surface area contributed by atoms with Crippen molar-refractivity contribution in [2.45, 2.75) is 378 Å². The number of rotatable bonds is 61. The lowest BCUT2D eigenvalue weighted by molar-refractivity contribution is -0.302. The molecule has 11 heteroatoms. The number of carbonyl (C=O) groups excluding carboxylic acids is 2. The third-order valence-corrected chi connectivity index (χ3v) is 16.5. The summed E-state index contributed by atoms with van der Waals surface area (Å²) >= 11 is 0. The van der Waals surface area contributed by atoms with Gasteiger partial charge in [0.2, 0.25) is 5.91 Å². The van der Waals surface area contributed by atoms with Crippen LogP contribution >= 0.6 is 0 Å². The maximum Gasteiger partial charge on any atom is 0.305 e. The minimum Gasteiger partial charge on any atom is -0.466 e. The van der Waals surface area contributed by atoms with Crippen LogP contribution in [0.15, 0.2) is 36.5 Å². The zero-order chi connectivity index (χ0) is 58.7. The molecule has 1 aliphatic heterocycles. The van der Waals surface area contributed by atoms with Crippen molar-refractivity contribution in [1.29, 1.82) is 0 Å². The Morgan fingerprint density at radius 1 is 0.457 bits per heavy atom. The first-order valence-electron chi connectivity index (χ1n) is 34.8. The fourth-order valence-corrected chi connectivity index (χ4v) is 11.0. The predicted octanol–water partition coefficient (Wildman–Crippen LogP) is 17.4. The van der Waals surface area contributed by atoms with Crippen LogP contribution in [0.2, 0.25) is 0 Å². The van der Waals surface area contributed by atoms with E-state index in [9.17, 15) is 35.1 Å². The number of aliphatic hydroxyl groups is 5. The molecule has 1 saturated heterocycles. The number of hydrogen-bond acceptors (Lipinski definition) is 10. The van der Waals surface area contributed by atoms with Gasteiger partial charge in [0.1, 0.15) is 24.4 Å². The Hall–Kier alpha value is -2.12. The van der Waals surface area contributed by atoms with Crippen molar-refractivity contribution in [1.82, 2.24) is 5.32 Å². The molecule has 1 aliphatic rings. The molecule has 1 rings (SSSR count). The summed E-state index contributed by atoms with van der Waals surface area (Å²) in [6.07, 6.45) is 65.7. The summed E-state index contributed by atoms with van der Waals surface area (Å²) in [5, 5.41) is 54.3. The van der Waals surface area contributed by atoms with Crippen LogP contribution in [0.3, 0.4) is 0 Å². The fourth-order valence-electron chi connectivity index (χ4n) is 11.0. The van der Waals surface area contributed by atoms with Gasteiger partial charge in [-0.1, -0.05) is 294 Å². The smallest absolute Gasteiger partial charge is 0.305 e. The van der Waals surface area contributed by atoms with E-state index in [0.29, 0.717) is 19.4 Å². The van der Waals surface area contributed by atoms with Crippen LogP contribution in [-0.2, 0) is 23.8 Å². The molecule has 81 heavy (non-hydrogen) atoms. The summed E-state index contributed by atoms with van der Waals surface area (Å²) in [5.74, 6) is -0.183. The van der Waals surface area contributed by atoms with E-state index in [0.717, 1.165) is 64.2 Å². The van der Waals surface area contributed by atoms with Gasteiger partial charge in [0.25, 0.3) is 0 Å². The van der Waals surface area contributed by atoms with Gasteiger partial charge in [-0.25, -0.2) is 0 Å². The number of unbranched alkanes of at least 4 members (excludes halogenated alkanes) is 43. The number of nitrogens with one attached hydrogen (secondary N) is 1. The molecule has 1 amide bonds. The first-order valence-corrected chi connectivity index (χ1v) is 34.8. The molecular weight excluding hydrogens is 1010 g/mol. The van der Waals surface area contributed by atoms with Gasteiger partial charge < -0.3 is 45.1 Å². The topological polar surface area (TPSA) is 175 Å². The maximum atomic E-state index is 13.0. The van der Waals surface area contributed by atoms with Gasteiger partial charge in [-0.05, 0) is 64.2 Å². The van der Waals surface area contributed by atoms with Crippen LogP contribution in [-0.4, -0.2) is 100 Å². The average molecular weight is 1150 g/mol. The first-order chi connectivity index (χ1) is 39.7. The number of allylic oxidation sites excluding steroid dienone is 5. The number of ether oxygens (including phenoxy) is 3. The van der Waals surface area contributed by atoms with Crippen molar-refractivity contribution in [3.63, 3.8) is 0 Å². The quantitative estimate of drug-likeness (QED) is 0.0195. The molecule has 6 N–H and O–H groups in total. The SMILES string of the molecule is CCCCCC/C=C\C/C=C\CCCCCCCC(=O)OCCCCCCCCCCCCCCCCCCCCCCCCCCCCCCC(=O)NC(COC1OC(CO)C(O)C(O)C1O)C(O)/C=C/CCCCCCCCC. The monoisotopic (exact) mass is 1150 g/mol. The largest absolute Gasteiger partial charge is 0.466 e. The van der Waals surface area contributed by atoms with E-state index >= 15 is 0 Å². The van der Waals surface area contributed by atoms with Crippen molar-refractivity contribution < 1.29 is 49.3 Å². The molecule has 0 radical (unpaired) electrons. The second-order valence-electron chi connectivity index (χ2n) is 24.2. The van der Waals surface area contributed by atoms with Gasteiger partial charge in [0, 0.05) is 12.8 Å². The van der Waals surface area contributed by atoms with Gasteiger partial charge in [0.05, 0.1) is 32.0 Å². The van der Waals surface area contributed by atoms with E-state index < -0.39 is 49.5 Å². The summed E-state index contributed by atoms with van der Waals surface area (Å²) < 4.78 is 16.7. The molecule has 7 unspecified atom stereocenters. The summed E-state index contributed by atoms with van der Waals surface area (Å²) in [6.45, 7) is 4.32. The van der Waals surface area contributed by atoms with Gasteiger partial charge in [-0.2, -0.15) is 0 Å². The Kier molecular flexibility index (Phi) is 56.6. The van der Waals surface area contributed by atoms with Crippen LogP contribution in [0.1, 0.15) is 335 Å². The molecule has 0 aromatic carbocycles. The third-order valence-electron chi connectivity index (χ3n) is 16.5. The highest BCUT2D eigenvalue weighted by Gasteiger charge is 2.44. The highest BCUT2D eigenvalue weighted by molar-refractivity contribution is 5.76. The summed E-state index contributed by atoms with van der Waals surface area (Å²) in [7, 11) is 0. The van der Waals surface area contributed by atoms with E-state index in [1.54, 1.807) is 6.08 Å². The number of esters is 1. The standard InChI is InChI=1S/C70H131NO10/c1-3-5-7-9-11-13-14-15-16-32-35-38-42-46-50-54-58-66(75)79-59-55-51-47-43-39-36-33-30-28-26-24-22-20-18-17-19-21-23-25-27-29-31-34-37-41-45-49-53-57-65(74)71-62(63(73)56-52-48-44-40-12-10-8-6-4-2)61-80-70-69(78)68(77)67(76)64(60-72)81-70/h13-14,16,32,52,56,62-64,67-70,72-73,76-78H,3-12,15,17-31,33-51,53-55,57-61H2,1-2H3,(H,71,74)/b14-13-,32-16-,56-52+. The van der Waals surface area contributed by atoms with Crippen LogP contribution in [0.4, 0.5) is 0 Å². The van der Waals surface area contributed by atoms with E-state index in [1.807, 2.05) is 6.08 Å². The summed E-state index contributed by atoms with van der Waals surface area (Å²) in [6, 6.07) is -0.806. The number of carbonyl (C=O) groups is 2. The third kappa shape index (κ3) is 48.8. The number of amides is 1. The average Bonchev–Trinajstić information content (AvgIpc) is 3.47. The van der Waals surface area contributed by atoms with E-state index in [4.69, 9.17) is 14.2 Å². The number of hydrogen-bond donors (Lipinski definition) is 6. The van der Waals surface area contributed by atoms with Crippen LogP contribution in [0, 0.1) is 0 Å². The molecule has 1 fully saturated rings. The summed E-state index contributed by atoms with van der Waals surface area (Å²) in [4.78, 5) is 25.1. The molecule has 0 spiro atoms. The molecule has 476 valence electrons. The predicted molar refractivity (Wildman–Crippen MR) is 338 cm³/mol. The van der Waals surface area contributed by atoms with Crippen molar-refractivity contribution in [3.8, 4) is 0 Å². The highest BCUT2D eigenvalue weighted by Crippen LogP contribution is 2.23. The Balaban J connectivity index is 1.91. The molecule has 0 aromatic heterocycles. The Morgan fingerprint density at radius 2 is 0.827 bits per heavy atom. The molecule has 0 aliphatic carbocycles.